The van der Waals surface area contributed by atoms with Gasteiger partial charge in [-0.05, 0) is 25.0 Å². The van der Waals surface area contributed by atoms with E-state index < -0.39 is 11.9 Å². The molecule has 0 unspecified atom stereocenters. The van der Waals surface area contributed by atoms with Crippen molar-refractivity contribution < 1.29 is 14.7 Å². The van der Waals surface area contributed by atoms with Crippen LogP contribution in [0.25, 0.3) is 0 Å². The lowest BCUT2D eigenvalue weighted by Gasteiger charge is -2.29. The van der Waals surface area contributed by atoms with Crippen LogP contribution in [0.1, 0.15) is 12.5 Å². The lowest BCUT2D eigenvalue weighted by atomic mass is 9.99. The molecule has 0 saturated heterocycles. The van der Waals surface area contributed by atoms with Crippen LogP contribution in [-0.2, 0) is 11.2 Å². The summed E-state index contributed by atoms with van der Waals surface area (Å²) in [6, 6.07) is 4.68. The fourth-order valence-corrected chi connectivity index (χ4v) is 1.84. The van der Waals surface area contributed by atoms with E-state index in [0.29, 0.717) is 29.5 Å². The molecule has 1 aliphatic rings. The molecule has 1 amide bonds. The van der Waals surface area contributed by atoms with Crippen molar-refractivity contribution in [2.45, 2.75) is 19.4 Å². The minimum absolute atomic E-state index is 0.413. The Balaban J connectivity index is 2.48. The summed E-state index contributed by atoms with van der Waals surface area (Å²) in [7, 11) is 0. The maximum absolute atomic E-state index is 11.5. The van der Waals surface area contributed by atoms with E-state index in [4.69, 9.17) is 10.5 Å². The Morgan fingerprint density at radius 3 is 3.06 bits per heavy atom. The first-order chi connectivity index (χ1) is 7.65. The normalized spacial score (nSPS) is 19.6. The molecule has 16 heavy (non-hydrogen) atoms. The molecule has 0 bridgehead atoms. The van der Waals surface area contributed by atoms with Gasteiger partial charge >= 0.3 is 0 Å². The smallest absolute Gasteiger partial charge is 0.268 e. The number of hydrogen-bond acceptors (Lipinski definition) is 4. The molecule has 1 aromatic rings. The number of benzene rings is 1. The molecule has 5 nitrogen and oxygen atoms in total. The number of hydroxylamine groups is 1. The number of hydrogen-bond donors (Lipinski definition) is 2. The number of nitrogens with zero attached hydrogens (tertiary/aromatic N) is 1. The highest BCUT2D eigenvalue weighted by atomic mass is 16.5. The van der Waals surface area contributed by atoms with Crippen LogP contribution >= 0.6 is 0 Å². The highest BCUT2D eigenvalue weighted by Gasteiger charge is 2.31. The minimum Gasteiger partial charge on any atom is -0.492 e. The van der Waals surface area contributed by atoms with Gasteiger partial charge in [-0.3, -0.25) is 10.0 Å². The summed E-state index contributed by atoms with van der Waals surface area (Å²) in [6.45, 7) is 2.32. The Bertz CT molecular complexity index is 405. The topological polar surface area (TPSA) is 75.8 Å². The zero-order chi connectivity index (χ0) is 11.7. The summed E-state index contributed by atoms with van der Waals surface area (Å²) in [5, 5.41) is 10.3. The molecular weight excluding hydrogens is 208 g/mol. The largest absolute Gasteiger partial charge is 0.492 e. The number of nitrogens with two attached hydrogens (primary N) is 1. The van der Waals surface area contributed by atoms with Gasteiger partial charge in [-0.1, -0.05) is 12.1 Å². The predicted molar refractivity (Wildman–Crippen MR) is 58.6 cm³/mol. The second-order valence-corrected chi connectivity index (χ2v) is 3.66. The summed E-state index contributed by atoms with van der Waals surface area (Å²) in [4.78, 5) is 11.5. The first-order valence-electron chi connectivity index (χ1n) is 5.18. The molecule has 0 radical (unpaired) electrons. The van der Waals surface area contributed by atoms with Gasteiger partial charge in [0.05, 0.1) is 12.6 Å². The molecule has 0 fully saturated rings. The molecule has 1 atom stereocenters. The molecule has 86 valence electrons. The Morgan fingerprint density at radius 2 is 2.38 bits per heavy atom. The molecule has 1 aromatic carbocycles. The van der Waals surface area contributed by atoms with E-state index in [1.165, 1.54) is 0 Å². The number of carbonyl (C=O) groups excluding carboxylic acids is 1. The maximum atomic E-state index is 11.5. The van der Waals surface area contributed by atoms with Crippen LogP contribution in [-0.4, -0.2) is 23.8 Å². The quantitative estimate of drug-likeness (QED) is 0.722. The Labute approximate surface area is 93.4 Å². The van der Waals surface area contributed by atoms with Crippen LogP contribution in [0.15, 0.2) is 18.2 Å². The van der Waals surface area contributed by atoms with Crippen LogP contribution in [0, 0.1) is 0 Å². The van der Waals surface area contributed by atoms with Crippen molar-refractivity contribution in [3.8, 4) is 5.75 Å². The fourth-order valence-electron chi connectivity index (χ4n) is 1.84. The van der Waals surface area contributed by atoms with Gasteiger partial charge in [-0.25, -0.2) is 0 Å². The van der Waals surface area contributed by atoms with E-state index in [0.717, 1.165) is 5.56 Å². The number of amides is 1. The number of fused-ring (bicyclic) bond motifs is 1. The number of para-hydroxylation sites is 1. The molecule has 2 rings (SSSR count). The van der Waals surface area contributed by atoms with Gasteiger partial charge in [0.25, 0.3) is 5.91 Å². The van der Waals surface area contributed by atoms with Crippen molar-refractivity contribution in [1.29, 1.82) is 0 Å². The first-order valence-corrected chi connectivity index (χ1v) is 5.18. The average Bonchev–Trinajstić information content (AvgIpc) is 2.26. The van der Waals surface area contributed by atoms with E-state index in [1.54, 1.807) is 6.07 Å². The molecule has 0 saturated carbocycles. The Morgan fingerprint density at radius 1 is 1.62 bits per heavy atom. The summed E-state index contributed by atoms with van der Waals surface area (Å²) >= 11 is 0. The van der Waals surface area contributed by atoms with Crippen molar-refractivity contribution in [3.63, 3.8) is 0 Å². The van der Waals surface area contributed by atoms with E-state index in [2.05, 4.69) is 0 Å². The third kappa shape index (κ3) is 1.64. The average molecular weight is 222 g/mol. The Kier molecular flexibility index (Phi) is 2.80. The van der Waals surface area contributed by atoms with E-state index >= 15 is 0 Å². The summed E-state index contributed by atoms with van der Waals surface area (Å²) in [5.41, 5.74) is 6.85. The van der Waals surface area contributed by atoms with Gasteiger partial charge in [0, 0.05) is 0 Å². The maximum Gasteiger partial charge on any atom is 0.268 e. The van der Waals surface area contributed by atoms with Gasteiger partial charge < -0.3 is 10.5 Å². The minimum atomic E-state index is -0.686. The van der Waals surface area contributed by atoms with Crippen LogP contribution in [0.4, 0.5) is 5.69 Å². The van der Waals surface area contributed by atoms with Crippen molar-refractivity contribution in [2.75, 3.05) is 11.7 Å². The van der Waals surface area contributed by atoms with Crippen molar-refractivity contribution in [2.24, 2.45) is 5.73 Å². The van der Waals surface area contributed by atoms with Crippen LogP contribution < -0.4 is 15.5 Å². The third-order valence-electron chi connectivity index (χ3n) is 2.56. The lowest BCUT2D eigenvalue weighted by molar-refractivity contribution is -0.125. The third-order valence-corrected chi connectivity index (χ3v) is 2.56. The SMILES string of the molecule is CCOc1cccc2c1N(O)C(=O)[C@@H](N)C2. The van der Waals surface area contributed by atoms with Gasteiger partial charge in [0.15, 0.2) is 0 Å². The van der Waals surface area contributed by atoms with E-state index in [9.17, 15) is 10.0 Å². The van der Waals surface area contributed by atoms with Crippen LogP contribution in [0.2, 0.25) is 0 Å². The molecular formula is C11H14N2O3. The van der Waals surface area contributed by atoms with Crippen LogP contribution in [0.3, 0.4) is 0 Å². The molecule has 0 aromatic heterocycles. The van der Waals surface area contributed by atoms with Crippen molar-refractivity contribution in [1.82, 2.24) is 0 Å². The predicted octanol–water partition coefficient (Wildman–Crippen LogP) is 0.691. The molecule has 0 spiro atoms. The number of anilines is 1. The number of carbonyl (C=O) groups is 1. The zero-order valence-corrected chi connectivity index (χ0v) is 9.01. The van der Waals surface area contributed by atoms with Crippen molar-refractivity contribution in [3.05, 3.63) is 23.8 Å². The molecule has 1 heterocycles. The molecule has 5 heteroatoms. The highest BCUT2D eigenvalue weighted by Crippen LogP contribution is 2.35. The second-order valence-electron chi connectivity index (χ2n) is 3.66. The molecule has 1 aliphatic heterocycles. The monoisotopic (exact) mass is 222 g/mol. The highest BCUT2D eigenvalue weighted by molar-refractivity contribution is 5.99. The fraction of sp³-hybridized carbons (Fsp3) is 0.364. The summed E-state index contributed by atoms with van der Waals surface area (Å²) in [5.74, 6) is 0.00223. The zero-order valence-electron chi connectivity index (χ0n) is 9.01. The standard InChI is InChI=1S/C11H14N2O3/c1-2-16-9-5-3-4-7-6-8(12)11(14)13(15)10(7)9/h3-5,8,15H,2,6,12H2,1H3/t8-/m0/s1. The Hall–Kier alpha value is -1.59. The van der Waals surface area contributed by atoms with E-state index in [1.807, 2.05) is 19.1 Å². The second kappa shape index (κ2) is 4.11. The van der Waals surface area contributed by atoms with E-state index in [-0.39, 0.29) is 0 Å². The molecule has 0 aliphatic carbocycles. The van der Waals surface area contributed by atoms with Gasteiger partial charge in [0.1, 0.15) is 11.4 Å². The van der Waals surface area contributed by atoms with Crippen molar-refractivity contribution >= 4 is 11.6 Å². The molecule has 3 N–H and O–H groups in total. The van der Waals surface area contributed by atoms with Gasteiger partial charge in [0.2, 0.25) is 0 Å². The van der Waals surface area contributed by atoms with Crippen LogP contribution in [0.5, 0.6) is 5.75 Å². The first kappa shape index (κ1) is 10.9. The summed E-state index contributed by atoms with van der Waals surface area (Å²) in [6.07, 6.45) is 0.423. The van der Waals surface area contributed by atoms with Gasteiger partial charge in [-0.15, -0.1) is 0 Å². The lowest BCUT2D eigenvalue weighted by Crippen LogP contribution is -2.47. The van der Waals surface area contributed by atoms with Gasteiger partial charge in [-0.2, -0.15) is 5.06 Å². The number of rotatable bonds is 2. The summed E-state index contributed by atoms with van der Waals surface area (Å²) < 4.78 is 5.36. The number of ether oxygens (including phenoxy) is 1.